The van der Waals surface area contributed by atoms with Gasteiger partial charge in [-0.1, -0.05) is 18.7 Å². The molecule has 0 spiro atoms. The fourth-order valence-corrected chi connectivity index (χ4v) is 2.23. The molecule has 0 fully saturated rings. The van der Waals surface area contributed by atoms with Crippen molar-refractivity contribution < 1.29 is 13.2 Å². The van der Waals surface area contributed by atoms with Gasteiger partial charge in [0.25, 0.3) is 5.56 Å². The molecule has 23 heavy (non-hydrogen) atoms. The third-order valence-electron chi connectivity index (χ3n) is 3.39. The number of aryl methyl sites for hydroxylation is 1. The minimum absolute atomic E-state index is 0.193. The quantitative estimate of drug-likeness (QED) is 0.762. The number of rotatable bonds is 2. The van der Waals surface area contributed by atoms with Gasteiger partial charge in [-0.15, -0.1) is 0 Å². The Hall–Kier alpha value is -2.90. The number of nitrogens with zero attached hydrogens (tertiary/aromatic N) is 2. The number of fused-ring (bicyclic) bond motifs is 1. The normalized spacial score (nSPS) is 11.8. The number of aromatic nitrogens is 4. The van der Waals surface area contributed by atoms with Gasteiger partial charge in [-0.3, -0.25) is 9.89 Å². The molecule has 0 aliphatic rings. The average Bonchev–Trinajstić information content (AvgIpc) is 2.89. The van der Waals surface area contributed by atoms with Crippen LogP contribution in [-0.2, 0) is 6.18 Å². The van der Waals surface area contributed by atoms with Gasteiger partial charge in [-0.25, -0.2) is 4.98 Å². The highest BCUT2D eigenvalue weighted by Crippen LogP contribution is 2.31. The Morgan fingerprint density at radius 3 is 2.48 bits per heavy atom. The molecule has 8 heteroatoms. The van der Waals surface area contributed by atoms with Crippen molar-refractivity contribution in [3.8, 4) is 0 Å². The number of benzene rings is 1. The smallest absolute Gasteiger partial charge is 0.309 e. The van der Waals surface area contributed by atoms with Gasteiger partial charge >= 0.3 is 6.18 Å². The Bertz CT molecular complexity index is 951. The molecule has 3 rings (SSSR count). The molecular weight excluding hydrogens is 309 g/mol. The van der Waals surface area contributed by atoms with Crippen LogP contribution in [-0.4, -0.2) is 20.2 Å². The predicted molar refractivity (Wildman–Crippen MR) is 78.8 cm³/mol. The fraction of sp³-hybridized carbons (Fsp3) is 0.133. The lowest BCUT2D eigenvalue weighted by Crippen LogP contribution is -2.09. The van der Waals surface area contributed by atoms with E-state index in [1.165, 1.54) is 12.1 Å². The maximum Gasteiger partial charge on any atom is 0.416 e. The Labute approximate surface area is 127 Å². The minimum Gasteiger partial charge on any atom is -0.309 e. The fourth-order valence-electron chi connectivity index (χ4n) is 2.23. The van der Waals surface area contributed by atoms with Gasteiger partial charge in [0.1, 0.15) is 22.6 Å². The van der Waals surface area contributed by atoms with E-state index in [2.05, 4.69) is 26.7 Å². The molecule has 0 aliphatic heterocycles. The Kier molecular flexibility index (Phi) is 3.32. The van der Waals surface area contributed by atoms with Crippen molar-refractivity contribution in [3.05, 3.63) is 63.8 Å². The van der Waals surface area contributed by atoms with Crippen LogP contribution < -0.4 is 5.56 Å². The first kappa shape index (κ1) is 15.0. The van der Waals surface area contributed by atoms with Gasteiger partial charge in [-0.2, -0.15) is 18.3 Å². The highest BCUT2D eigenvalue weighted by Gasteiger charge is 2.30. The lowest BCUT2D eigenvalue weighted by atomic mass is 10.0. The number of hydrogen-bond donors (Lipinski definition) is 2. The van der Waals surface area contributed by atoms with Crippen molar-refractivity contribution in [2.24, 2.45) is 0 Å². The van der Waals surface area contributed by atoms with E-state index >= 15 is 0 Å². The number of nitrogens with one attached hydrogen (secondary N) is 2. The van der Waals surface area contributed by atoms with Crippen molar-refractivity contribution in [2.75, 3.05) is 0 Å². The lowest BCUT2D eigenvalue weighted by molar-refractivity contribution is -0.137. The van der Waals surface area contributed by atoms with E-state index in [1.807, 2.05) is 0 Å². The van der Waals surface area contributed by atoms with Crippen LogP contribution in [0.1, 0.15) is 22.6 Å². The molecule has 0 unspecified atom stereocenters. The average molecular weight is 320 g/mol. The van der Waals surface area contributed by atoms with Crippen molar-refractivity contribution in [2.45, 2.75) is 13.1 Å². The van der Waals surface area contributed by atoms with Crippen LogP contribution in [0.4, 0.5) is 13.2 Å². The summed E-state index contributed by atoms with van der Waals surface area (Å²) in [5.41, 5.74) is 0.579. The lowest BCUT2D eigenvalue weighted by Gasteiger charge is -2.08. The summed E-state index contributed by atoms with van der Waals surface area (Å²) in [6.07, 6.45) is -4.40. The van der Waals surface area contributed by atoms with Crippen LogP contribution in [0.5, 0.6) is 0 Å². The number of H-pyrrole nitrogens is 2. The third kappa shape index (κ3) is 2.63. The standard InChI is InChI=1S/C15H11F3N4O/c1-7(9-3-5-10(6-4-9)15(16,17)18)11-12-13(22-21-11)14(23)20-8(2)19-12/h3-6H,1H2,2H3,(H,21,22)(H,19,20,23). The third-order valence-corrected chi connectivity index (χ3v) is 3.39. The Balaban J connectivity index is 2.06. The zero-order chi connectivity index (χ0) is 16.8. The molecule has 0 atom stereocenters. The largest absolute Gasteiger partial charge is 0.416 e. The molecule has 5 nitrogen and oxygen atoms in total. The monoisotopic (exact) mass is 320 g/mol. The van der Waals surface area contributed by atoms with E-state index in [1.54, 1.807) is 6.92 Å². The number of hydrogen-bond acceptors (Lipinski definition) is 3. The van der Waals surface area contributed by atoms with Gasteiger partial charge in [0.15, 0.2) is 0 Å². The first-order valence-corrected chi connectivity index (χ1v) is 6.59. The second kappa shape index (κ2) is 5.08. The summed E-state index contributed by atoms with van der Waals surface area (Å²) < 4.78 is 37.8. The summed E-state index contributed by atoms with van der Waals surface area (Å²) in [4.78, 5) is 18.6. The van der Waals surface area contributed by atoms with Crippen LogP contribution in [0.2, 0.25) is 0 Å². The van der Waals surface area contributed by atoms with Gasteiger partial charge in [0.05, 0.1) is 5.56 Å². The zero-order valence-corrected chi connectivity index (χ0v) is 12.0. The molecule has 2 N–H and O–H groups in total. The maximum absolute atomic E-state index is 12.6. The SMILES string of the molecule is C=C(c1ccc(C(F)(F)F)cc1)c1n[nH]c2c(=O)[nH]c(C)nc12. The van der Waals surface area contributed by atoms with E-state index < -0.39 is 11.7 Å². The minimum atomic E-state index is -4.40. The van der Waals surface area contributed by atoms with Gasteiger partial charge < -0.3 is 4.98 Å². The molecule has 2 heterocycles. The predicted octanol–water partition coefficient (Wildman–Crippen LogP) is 3.03. The van der Waals surface area contributed by atoms with Gasteiger partial charge in [0.2, 0.25) is 0 Å². The van der Waals surface area contributed by atoms with Crippen molar-refractivity contribution in [3.63, 3.8) is 0 Å². The summed E-state index contributed by atoms with van der Waals surface area (Å²) in [5, 5.41) is 6.59. The van der Waals surface area contributed by atoms with E-state index in [0.29, 0.717) is 28.2 Å². The number of alkyl halides is 3. The Morgan fingerprint density at radius 2 is 1.87 bits per heavy atom. The van der Waals surface area contributed by atoms with Crippen LogP contribution in [0.25, 0.3) is 16.6 Å². The molecule has 0 saturated carbocycles. The molecule has 0 saturated heterocycles. The van der Waals surface area contributed by atoms with Crippen LogP contribution in [0, 0.1) is 6.92 Å². The first-order chi connectivity index (χ1) is 10.8. The van der Waals surface area contributed by atoms with Crippen LogP contribution in [0.3, 0.4) is 0 Å². The first-order valence-electron chi connectivity index (χ1n) is 6.59. The highest BCUT2D eigenvalue weighted by atomic mass is 19.4. The van der Waals surface area contributed by atoms with Gasteiger partial charge in [0, 0.05) is 5.57 Å². The van der Waals surface area contributed by atoms with E-state index in [0.717, 1.165) is 12.1 Å². The van der Waals surface area contributed by atoms with E-state index in [-0.39, 0.29) is 11.1 Å². The van der Waals surface area contributed by atoms with Crippen LogP contribution >= 0.6 is 0 Å². The number of halogens is 3. The van der Waals surface area contributed by atoms with Crippen molar-refractivity contribution in [1.82, 2.24) is 20.2 Å². The molecule has 3 aromatic rings. The topological polar surface area (TPSA) is 74.4 Å². The maximum atomic E-state index is 12.6. The Morgan fingerprint density at radius 1 is 1.22 bits per heavy atom. The molecule has 1 aromatic carbocycles. The van der Waals surface area contributed by atoms with Crippen molar-refractivity contribution in [1.29, 1.82) is 0 Å². The second-order valence-electron chi connectivity index (χ2n) is 5.00. The van der Waals surface area contributed by atoms with E-state index in [9.17, 15) is 18.0 Å². The summed E-state index contributed by atoms with van der Waals surface area (Å²) in [5.74, 6) is 0.408. The van der Waals surface area contributed by atoms with E-state index in [4.69, 9.17) is 0 Å². The molecule has 0 aliphatic carbocycles. The number of aromatic amines is 2. The second-order valence-corrected chi connectivity index (χ2v) is 5.00. The molecular formula is C15H11F3N4O. The molecule has 2 aromatic heterocycles. The highest BCUT2D eigenvalue weighted by molar-refractivity contribution is 5.91. The van der Waals surface area contributed by atoms with Crippen molar-refractivity contribution >= 4 is 16.6 Å². The molecule has 118 valence electrons. The summed E-state index contributed by atoms with van der Waals surface area (Å²) in [7, 11) is 0. The summed E-state index contributed by atoms with van der Waals surface area (Å²) >= 11 is 0. The molecule has 0 amide bonds. The zero-order valence-electron chi connectivity index (χ0n) is 12.0. The summed E-state index contributed by atoms with van der Waals surface area (Å²) in [6, 6.07) is 4.57. The van der Waals surface area contributed by atoms with Gasteiger partial charge in [-0.05, 0) is 24.6 Å². The molecule has 0 bridgehead atoms. The summed E-state index contributed by atoms with van der Waals surface area (Å²) in [6.45, 7) is 5.48. The molecule has 0 radical (unpaired) electrons. The van der Waals surface area contributed by atoms with Crippen LogP contribution in [0.15, 0.2) is 35.6 Å².